The summed E-state index contributed by atoms with van der Waals surface area (Å²) in [5, 5.41) is 3.33. The van der Waals surface area contributed by atoms with E-state index in [2.05, 4.69) is 5.32 Å². The van der Waals surface area contributed by atoms with Crippen molar-refractivity contribution in [3.05, 3.63) is 29.6 Å². The minimum Gasteiger partial charge on any atom is -0.464 e. The molecule has 1 saturated carbocycles. The smallest absolute Gasteiger partial charge is 0.188 e. The van der Waals surface area contributed by atoms with Crippen molar-refractivity contribution in [2.75, 3.05) is 13.9 Å². The van der Waals surface area contributed by atoms with Crippen molar-refractivity contribution in [3.8, 4) is 5.75 Å². The fraction of sp³-hybridized carbons (Fsp3) is 0.500. The van der Waals surface area contributed by atoms with E-state index >= 15 is 0 Å². The monoisotopic (exact) mass is 225 g/mol. The van der Waals surface area contributed by atoms with Crippen molar-refractivity contribution in [2.24, 2.45) is 0 Å². The average Bonchev–Trinajstić information content (AvgIpc) is 3.09. The van der Waals surface area contributed by atoms with Crippen molar-refractivity contribution < 1.29 is 13.9 Å². The highest BCUT2D eigenvalue weighted by molar-refractivity contribution is 5.34. The van der Waals surface area contributed by atoms with Gasteiger partial charge in [-0.05, 0) is 18.9 Å². The van der Waals surface area contributed by atoms with Gasteiger partial charge in [0, 0.05) is 25.3 Å². The van der Waals surface area contributed by atoms with E-state index in [1.807, 2.05) is 6.07 Å². The predicted octanol–water partition coefficient (Wildman–Crippen LogP) is 2.06. The summed E-state index contributed by atoms with van der Waals surface area (Å²) in [6.07, 6.45) is 2.42. The number of hydrogen-bond acceptors (Lipinski definition) is 3. The molecule has 4 heteroatoms. The molecule has 0 heterocycles. The molecular formula is C12H16FNO2. The van der Waals surface area contributed by atoms with Gasteiger partial charge < -0.3 is 14.8 Å². The lowest BCUT2D eigenvalue weighted by atomic mass is 10.2. The molecule has 1 aromatic rings. The molecule has 1 fully saturated rings. The molecule has 0 amide bonds. The van der Waals surface area contributed by atoms with Gasteiger partial charge in [0.15, 0.2) is 18.4 Å². The normalized spacial score (nSPS) is 15.1. The molecule has 0 spiro atoms. The molecule has 1 aliphatic carbocycles. The molecule has 0 aliphatic heterocycles. The quantitative estimate of drug-likeness (QED) is 0.752. The summed E-state index contributed by atoms with van der Waals surface area (Å²) in [6.45, 7) is 0.707. The summed E-state index contributed by atoms with van der Waals surface area (Å²) in [5.41, 5.74) is 0.837. The third-order valence-electron chi connectivity index (χ3n) is 2.53. The fourth-order valence-electron chi connectivity index (χ4n) is 1.51. The summed E-state index contributed by atoms with van der Waals surface area (Å²) in [4.78, 5) is 0. The van der Waals surface area contributed by atoms with Gasteiger partial charge in [-0.25, -0.2) is 4.39 Å². The Balaban J connectivity index is 2.04. The molecular weight excluding hydrogens is 209 g/mol. The second-order valence-corrected chi connectivity index (χ2v) is 3.93. The first-order chi connectivity index (χ1) is 7.81. The van der Waals surface area contributed by atoms with Gasteiger partial charge in [0.2, 0.25) is 0 Å². The summed E-state index contributed by atoms with van der Waals surface area (Å²) in [7, 11) is 1.52. The van der Waals surface area contributed by atoms with Crippen LogP contribution in [0.15, 0.2) is 18.2 Å². The molecule has 1 N–H and O–H groups in total. The molecule has 0 unspecified atom stereocenters. The Hall–Kier alpha value is -1.13. The van der Waals surface area contributed by atoms with Crippen molar-refractivity contribution in [2.45, 2.75) is 25.4 Å². The maximum atomic E-state index is 13.5. The summed E-state index contributed by atoms with van der Waals surface area (Å²) in [5.74, 6) is -0.0513. The van der Waals surface area contributed by atoms with Crippen LogP contribution >= 0.6 is 0 Å². The fourth-order valence-corrected chi connectivity index (χ4v) is 1.51. The average molecular weight is 225 g/mol. The highest BCUT2D eigenvalue weighted by atomic mass is 19.1. The van der Waals surface area contributed by atoms with Gasteiger partial charge in [0.25, 0.3) is 0 Å². The standard InChI is InChI=1S/C12H16FNO2/c1-15-8-16-12-9(3-2-4-11(12)13)7-14-10-5-6-10/h2-4,10,14H,5-8H2,1H3. The molecule has 0 aromatic heterocycles. The van der Waals surface area contributed by atoms with Crippen molar-refractivity contribution in [1.29, 1.82) is 0 Å². The molecule has 0 bridgehead atoms. The molecule has 1 aromatic carbocycles. The van der Waals surface area contributed by atoms with Crippen LogP contribution in [0.4, 0.5) is 4.39 Å². The molecule has 88 valence electrons. The molecule has 0 radical (unpaired) electrons. The van der Waals surface area contributed by atoms with Crippen LogP contribution in [0.5, 0.6) is 5.75 Å². The van der Waals surface area contributed by atoms with E-state index in [1.54, 1.807) is 6.07 Å². The molecule has 0 atom stereocenters. The second-order valence-electron chi connectivity index (χ2n) is 3.93. The Kier molecular flexibility index (Phi) is 3.74. The van der Waals surface area contributed by atoms with Gasteiger partial charge in [-0.3, -0.25) is 0 Å². The molecule has 3 nitrogen and oxygen atoms in total. The summed E-state index contributed by atoms with van der Waals surface area (Å²) < 4.78 is 23.5. The van der Waals surface area contributed by atoms with Crippen LogP contribution in [0, 0.1) is 5.82 Å². The van der Waals surface area contributed by atoms with Crippen LogP contribution in [0.1, 0.15) is 18.4 Å². The number of halogens is 1. The maximum absolute atomic E-state index is 13.5. The van der Waals surface area contributed by atoms with Crippen molar-refractivity contribution in [1.82, 2.24) is 5.32 Å². The van der Waals surface area contributed by atoms with E-state index in [4.69, 9.17) is 9.47 Å². The lowest BCUT2D eigenvalue weighted by Crippen LogP contribution is -2.16. The summed E-state index contributed by atoms with van der Waals surface area (Å²) in [6, 6.07) is 5.55. The Morgan fingerprint density at radius 3 is 2.94 bits per heavy atom. The SMILES string of the molecule is COCOc1c(F)cccc1CNC1CC1. The molecule has 2 rings (SSSR count). The largest absolute Gasteiger partial charge is 0.464 e. The van der Waals surface area contributed by atoms with E-state index in [0.29, 0.717) is 12.6 Å². The second kappa shape index (κ2) is 5.27. The third kappa shape index (κ3) is 2.93. The van der Waals surface area contributed by atoms with Gasteiger partial charge in [0.1, 0.15) is 0 Å². The zero-order valence-electron chi connectivity index (χ0n) is 9.33. The lowest BCUT2D eigenvalue weighted by Gasteiger charge is -2.12. The van der Waals surface area contributed by atoms with Crippen LogP contribution in [0.25, 0.3) is 0 Å². The predicted molar refractivity (Wildman–Crippen MR) is 58.8 cm³/mol. The molecule has 16 heavy (non-hydrogen) atoms. The summed E-state index contributed by atoms with van der Waals surface area (Å²) >= 11 is 0. The minimum atomic E-state index is -0.341. The number of rotatable bonds is 6. The number of methoxy groups -OCH3 is 1. The van der Waals surface area contributed by atoms with E-state index < -0.39 is 0 Å². The Bertz CT molecular complexity index is 353. The minimum absolute atomic E-state index is 0.0668. The van der Waals surface area contributed by atoms with Crippen molar-refractivity contribution in [3.63, 3.8) is 0 Å². The number of nitrogens with one attached hydrogen (secondary N) is 1. The van der Waals surface area contributed by atoms with E-state index in [9.17, 15) is 4.39 Å². The zero-order chi connectivity index (χ0) is 11.4. The third-order valence-corrected chi connectivity index (χ3v) is 2.53. The first kappa shape index (κ1) is 11.4. The van der Waals surface area contributed by atoms with Gasteiger partial charge in [-0.1, -0.05) is 12.1 Å². The van der Waals surface area contributed by atoms with Crippen LogP contribution in [-0.2, 0) is 11.3 Å². The van der Waals surface area contributed by atoms with E-state index in [-0.39, 0.29) is 18.4 Å². The van der Waals surface area contributed by atoms with Gasteiger partial charge in [-0.2, -0.15) is 0 Å². The number of benzene rings is 1. The van der Waals surface area contributed by atoms with Crippen LogP contribution in [0.3, 0.4) is 0 Å². The van der Waals surface area contributed by atoms with Crippen LogP contribution in [0.2, 0.25) is 0 Å². The van der Waals surface area contributed by atoms with Crippen LogP contribution < -0.4 is 10.1 Å². The van der Waals surface area contributed by atoms with Gasteiger partial charge in [-0.15, -0.1) is 0 Å². The van der Waals surface area contributed by atoms with E-state index in [1.165, 1.54) is 26.0 Å². The highest BCUT2D eigenvalue weighted by Crippen LogP contribution is 2.25. The van der Waals surface area contributed by atoms with E-state index in [0.717, 1.165) is 5.56 Å². The van der Waals surface area contributed by atoms with Gasteiger partial charge in [0.05, 0.1) is 0 Å². The number of hydrogen-bond donors (Lipinski definition) is 1. The zero-order valence-corrected chi connectivity index (χ0v) is 9.33. The lowest BCUT2D eigenvalue weighted by molar-refractivity contribution is 0.0474. The Morgan fingerprint density at radius 2 is 2.25 bits per heavy atom. The Labute approximate surface area is 94.6 Å². The first-order valence-electron chi connectivity index (χ1n) is 5.44. The molecule has 0 saturated heterocycles. The number of para-hydroxylation sites is 1. The maximum Gasteiger partial charge on any atom is 0.188 e. The first-order valence-corrected chi connectivity index (χ1v) is 5.44. The van der Waals surface area contributed by atoms with Crippen molar-refractivity contribution >= 4 is 0 Å². The molecule has 1 aliphatic rings. The number of ether oxygens (including phenoxy) is 2. The highest BCUT2D eigenvalue weighted by Gasteiger charge is 2.21. The van der Waals surface area contributed by atoms with Crippen LogP contribution in [-0.4, -0.2) is 19.9 Å². The topological polar surface area (TPSA) is 30.5 Å². The Morgan fingerprint density at radius 1 is 1.44 bits per heavy atom. The van der Waals surface area contributed by atoms with Gasteiger partial charge >= 0.3 is 0 Å².